The van der Waals surface area contributed by atoms with Crippen molar-refractivity contribution in [3.8, 4) is 0 Å². The summed E-state index contributed by atoms with van der Waals surface area (Å²) in [6.07, 6.45) is 4.75. The van der Waals surface area contributed by atoms with Crippen molar-refractivity contribution < 1.29 is 12.8 Å². The minimum Gasteiger partial charge on any atom is -0.347 e. The summed E-state index contributed by atoms with van der Waals surface area (Å²) >= 11 is 0. The molecule has 1 fully saturated rings. The Hall–Kier alpha value is -1.73. The van der Waals surface area contributed by atoms with Crippen LogP contribution in [0.2, 0.25) is 0 Å². The Morgan fingerprint density at radius 3 is 2.73 bits per heavy atom. The molecule has 2 heterocycles. The minimum atomic E-state index is -2.99. The topological polar surface area (TPSA) is 74.8 Å². The van der Waals surface area contributed by atoms with Crippen LogP contribution in [0.15, 0.2) is 36.7 Å². The van der Waals surface area contributed by atoms with Crippen molar-refractivity contribution in [2.75, 3.05) is 12.3 Å². The molecular weight excluding hydrogens is 305 g/mol. The Morgan fingerprint density at radius 2 is 2.14 bits per heavy atom. The van der Waals surface area contributed by atoms with Gasteiger partial charge in [0.05, 0.1) is 17.0 Å². The number of hydrogen-bond donors (Lipinski definition) is 2. The first-order valence-electron chi connectivity index (χ1n) is 7.26. The number of imidazole rings is 1. The van der Waals surface area contributed by atoms with Gasteiger partial charge in [0.25, 0.3) is 0 Å². The highest BCUT2D eigenvalue weighted by Gasteiger charge is 2.32. The van der Waals surface area contributed by atoms with Crippen LogP contribution in [0.5, 0.6) is 0 Å². The zero-order valence-electron chi connectivity index (χ0n) is 12.0. The predicted octanol–water partition coefficient (Wildman–Crippen LogP) is 1.80. The summed E-state index contributed by atoms with van der Waals surface area (Å²) in [4.78, 5) is 7.27. The van der Waals surface area contributed by atoms with Crippen molar-refractivity contribution in [1.82, 2.24) is 15.3 Å². The zero-order valence-corrected chi connectivity index (χ0v) is 12.8. The maximum atomic E-state index is 13.1. The summed E-state index contributed by atoms with van der Waals surface area (Å²) in [5, 5.41) is 2.90. The van der Waals surface area contributed by atoms with Crippen LogP contribution in [0.1, 0.15) is 30.3 Å². The third-order valence-corrected chi connectivity index (χ3v) is 6.28. The van der Waals surface area contributed by atoms with Crippen LogP contribution in [-0.2, 0) is 9.84 Å². The molecule has 118 valence electrons. The van der Waals surface area contributed by atoms with E-state index in [1.807, 2.05) is 0 Å². The van der Waals surface area contributed by atoms with E-state index in [2.05, 4.69) is 15.3 Å². The first-order chi connectivity index (χ1) is 10.6. The maximum Gasteiger partial charge on any atom is 0.154 e. The number of aromatic nitrogens is 2. The molecule has 1 saturated heterocycles. The first kappa shape index (κ1) is 15.2. The third-order valence-electron chi connectivity index (χ3n) is 4.01. The molecule has 5 nitrogen and oxygen atoms in total. The molecule has 3 rings (SSSR count). The van der Waals surface area contributed by atoms with Gasteiger partial charge in [0, 0.05) is 18.9 Å². The molecule has 1 aromatic carbocycles. The minimum absolute atomic E-state index is 0.265. The Morgan fingerprint density at radius 1 is 1.36 bits per heavy atom. The normalized spacial score (nSPS) is 21.8. The van der Waals surface area contributed by atoms with Gasteiger partial charge in [-0.15, -0.1) is 0 Å². The fraction of sp³-hybridized carbons (Fsp3) is 0.400. The van der Waals surface area contributed by atoms with E-state index in [0.717, 1.165) is 12.0 Å². The number of sulfone groups is 1. The van der Waals surface area contributed by atoms with Crippen LogP contribution in [0.4, 0.5) is 4.39 Å². The zero-order chi connectivity index (χ0) is 15.6. The van der Waals surface area contributed by atoms with Crippen molar-refractivity contribution in [2.45, 2.75) is 24.1 Å². The van der Waals surface area contributed by atoms with E-state index in [0.29, 0.717) is 18.8 Å². The van der Waals surface area contributed by atoms with Gasteiger partial charge in [0.1, 0.15) is 11.6 Å². The van der Waals surface area contributed by atoms with Crippen molar-refractivity contribution in [1.29, 1.82) is 0 Å². The van der Waals surface area contributed by atoms with Crippen molar-refractivity contribution in [3.05, 3.63) is 53.9 Å². The van der Waals surface area contributed by atoms with Crippen molar-refractivity contribution in [3.63, 3.8) is 0 Å². The van der Waals surface area contributed by atoms with Crippen molar-refractivity contribution in [2.24, 2.45) is 0 Å². The van der Waals surface area contributed by atoms with E-state index < -0.39 is 9.84 Å². The smallest absolute Gasteiger partial charge is 0.154 e. The van der Waals surface area contributed by atoms with E-state index in [1.54, 1.807) is 24.5 Å². The highest BCUT2D eigenvalue weighted by atomic mass is 32.2. The number of H-pyrrole nitrogens is 1. The monoisotopic (exact) mass is 323 g/mol. The second kappa shape index (κ2) is 6.18. The maximum absolute atomic E-state index is 13.1. The van der Waals surface area contributed by atoms with Crippen LogP contribution in [0.25, 0.3) is 0 Å². The lowest BCUT2D eigenvalue weighted by molar-refractivity contribution is 0.541. The second-order valence-electron chi connectivity index (χ2n) is 5.50. The molecule has 0 radical (unpaired) electrons. The number of benzene rings is 1. The summed E-state index contributed by atoms with van der Waals surface area (Å²) in [6.45, 7) is 0.366. The largest absolute Gasteiger partial charge is 0.347 e. The molecule has 7 heteroatoms. The van der Waals surface area contributed by atoms with E-state index in [4.69, 9.17) is 0 Å². The first-order valence-corrected chi connectivity index (χ1v) is 8.97. The van der Waals surface area contributed by atoms with E-state index in [-0.39, 0.29) is 22.9 Å². The Bertz CT molecular complexity index is 714. The average molecular weight is 323 g/mol. The molecule has 0 saturated carbocycles. The molecule has 0 amide bonds. The summed E-state index contributed by atoms with van der Waals surface area (Å²) in [5.41, 5.74) is 0.840. The summed E-state index contributed by atoms with van der Waals surface area (Å²) < 4.78 is 37.0. The van der Waals surface area contributed by atoms with Gasteiger partial charge in [-0.1, -0.05) is 12.1 Å². The molecule has 0 bridgehead atoms. The Balaban J connectivity index is 1.79. The molecule has 0 spiro atoms. The standard InChI is InChI=1S/C15H18FN3O2S/c16-12-5-3-11(4-6-12)14(15-17-7-8-18-15)19-10-13-2-1-9-22(13,20)21/h3-8,13-14,19H,1-2,9-10H2,(H,17,18)/t13-,14+/m0/s1. The quantitative estimate of drug-likeness (QED) is 0.880. The SMILES string of the molecule is O=S1(=O)CCC[C@H]1CN[C@H](c1ccc(F)cc1)c1ncc[nH]1. The molecule has 2 N–H and O–H groups in total. The van der Waals surface area contributed by atoms with Gasteiger partial charge >= 0.3 is 0 Å². The second-order valence-corrected chi connectivity index (χ2v) is 7.90. The van der Waals surface area contributed by atoms with Crippen LogP contribution in [-0.4, -0.2) is 35.9 Å². The molecule has 1 aliphatic rings. The predicted molar refractivity (Wildman–Crippen MR) is 81.6 cm³/mol. The molecule has 0 aliphatic carbocycles. The number of halogens is 1. The molecule has 1 aromatic heterocycles. The van der Waals surface area contributed by atoms with E-state index in [1.165, 1.54) is 12.1 Å². The lowest BCUT2D eigenvalue weighted by atomic mass is 10.1. The average Bonchev–Trinajstić information content (AvgIpc) is 3.11. The molecule has 2 aromatic rings. The van der Waals surface area contributed by atoms with Gasteiger partial charge < -0.3 is 10.3 Å². The number of rotatable bonds is 5. The molecule has 1 aliphatic heterocycles. The summed E-state index contributed by atoms with van der Waals surface area (Å²) in [7, 11) is -2.99. The molecular formula is C15H18FN3O2S. The highest BCUT2D eigenvalue weighted by molar-refractivity contribution is 7.92. The number of nitrogens with zero attached hydrogens (tertiary/aromatic N) is 1. The van der Waals surface area contributed by atoms with Crippen LogP contribution >= 0.6 is 0 Å². The molecule has 0 unspecified atom stereocenters. The third kappa shape index (κ3) is 3.20. The van der Waals surface area contributed by atoms with E-state index >= 15 is 0 Å². The fourth-order valence-corrected chi connectivity index (χ4v) is 4.58. The number of nitrogens with one attached hydrogen (secondary N) is 2. The Labute approximate surface area is 128 Å². The molecule has 22 heavy (non-hydrogen) atoms. The summed E-state index contributed by atoms with van der Waals surface area (Å²) in [6, 6.07) is 5.85. The van der Waals surface area contributed by atoms with Gasteiger partial charge in [0.2, 0.25) is 0 Å². The van der Waals surface area contributed by atoms with Crippen LogP contribution < -0.4 is 5.32 Å². The summed E-state index contributed by atoms with van der Waals surface area (Å²) in [5.74, 6) is 0.642. The highest BCUT2D eigenvalue weighted by Crippen LogP contribution is 2.23. The Kier molecular flexibility index (Phi) is 4.26. The fourth-order valence-electron chi connectivity index (χ4n) is 2.80. The van der Waals surface area contributed by atoms with Crippen molar-refractivity contribution >= 4 is 9.84 Å². The van der Waals surface area contributed by atoms with Gasteiger partial charge in [-0.2, -0.15) is 0 Å². The number of aromatic amines is 1. The van der Waals surface area contributed by atoms with Gasteiger partial charge in [-0.05, 0) is 30.5 Å². The molecule has 2 atom stereocenters. The van der Waals surface area contributed by atoms with Crippen LogP contribution in [0, 0.1) is 5.82 Å². The van der Waals surface area contributed by atoms with Gasteiger partial charge in [-0.3, -0.25) is 0 Å². The lowest BCUT2D eigenvalue weighted by Crippen LogP contribution is -2.34. The van der Waals surface area contributed by atoms with Gasteiger partial charge in [0.15, 0.2) is 9.84 Å². The van der Waals surface area contributed by atoms with Crippen LogP contribution in [0.3, 0.4) is 0 Å². The number of hydrogen-bond acceptors (Lipinski definition) is 4. The lowest BCUT2D eigenvalue weighted by Gasteiger charge is -2.19. The van der Waals surface area contributed by atoms with Gasteiger partial charge in [-0.25, -0.2) is 17.8 Å². The van der Waals surface area contributed by atoms with E-state index in [9.17, 15) is 12.8 Å².